The zero-order valence-corrected chi connectivity index (χ0v) is 15.3. The van der Waals surface area contributed by atoms with E-state index in [0.717, 1.165) is 11.3 Å². The van der Waals surface area contributed by atoms with Crippen molar-refractivity contribution >= 4 is 41.0 Å². The highest BCUT2D eigenvalue weighted by atomic mass is 35.5. The van der Waals surface area contributed by atoms with Crippen molar-refractivity contribution in [3.05, 3.63) is 28.8 Å². The van der Waals surface area contributed by atoms with Crippen molar-refractivity contribution in [3.63, 3.8) is 0 Å². The minimum absolute atomic E-state index is 0.0524. The average Bonchev–Trinajstić information content (AvgIpc) is 3.05. The maximum atomic E-state index is 12.2. The number of ether oxygens (including phenoxy) is 1. The summed E-state index contributed by atoms with van der Waals surface area (Å²) in [5.74, 6) is -1.60. The molecule has 0 atom stereocenters. The monoisotopic (exact) mass is 381 g/mol. The van der Waals surface area contributed by atoms with Gasteiger partial charge in [-0.2, -0.15) is 0 Å². The molecule has 1 fully saturated rings. The van der Waals surface area contributed by atoms with Crippen LogP contribution in [0.3, 0.4) is 0 Å². The molecule has 1 aromatic rings. The van der Waals surface area contributed by atoms with E-state index in [1.807, 2.05) is 0 Å². The molecule has 1 N–H and O–H groups in total. The van der Waals surface area contributed by atoms with E-state index >= 15 is 0 Å². The minimum atomic E-state index is -0.712. The van der Waals surface area contributed by atoms with Gasteiger partial charge in [-0.1, -0.05) is 11.6 Å². The van der Waals surface area contributed by atoms with Crippen molar-refractivity contribution < 1.29 is 23.9 Å². The summed E-state index contributed by atoms with van der Waals surface area (Å²) < 4.78 is 5.00. The van der Waals surface area contributed by atoms with Crippen LogP contribution in [0.5, 0.6) is 0 Å². The third-order valence-electron chi connectivity index (χ3n) is 3.96. The predicted molar refractivity (Wildman–Crippen MR) is 95.0 cm³/mol. The summed E-state index contributed by atoms with van der Waals surface area (Å²) in [7, 11) is 2.90. The molecule has 1 saturated heterocycles. The second kappa shape index (κ2) is 8.66. The standard InChI is InChI=1S/C17H20ClN3O5/c1-19-14(22)9-20(2)16(24)10-26-17(25)11-5-6-12(18)13(8-11)21-7-3-4-15(21)23/h5-6,8H,3-4,7,9-10H2,1-2H3,(H,19,22). The predicted octanol–water partition coefficient (Wildman–Crippen LogP) is 0.828. The van der Waals surface area contributed by atoms with Crippen LogP contribution < -0.4 is 10.2 Å². The lowest BCUT2D eigenvalue weighted by atomic mass is 10.2. The molecule has 3 amide bonds. The van der Waals surface area contributed by atoms with Crippen molar-refractivity contribution in [3.8, 4) is 0 Å². The van der Waals surface area contributed by atoms with Gasteiger partial charge < -0.3 is 19.9 Å². The van der Waals surface area contributed by atoms with Crippen LogP contribution in [0.1, 0.15) is 23.2 Å². The number of anilines is 1. The van der Waals surface area contributed by atoms with E-state index in [9.17, 15) is 19.2 Å². The zero-order chi connectivity index (χ0) is 19.3. The average molecular weight is 382 g/mol. The Morgan fingerprint density at radius 3 is 2.69 bits per heavy atom. The van der Waals surface area contributed by atoms with E-state index in [-0.39, 0.29) is 23.9 Å². The number of hydrogen-bond donors (Lipinski definition) is 1. The van der Waals surface area contributed by atoms with Gasteiger partial charge in [0.15, 0.2) is 6.61 Å². The summed E-state index contributed by atoms with van der Waals surface area (Å²) in [6.45, 7) is -0.0815. The van der Waals surface area contributed by atoms with Crippen LogP contribution in [-0.2, 0) is 19.1 Å². The van der Waals surface area contributed by atoms with Gasteiger partial charge in [-0.15, -0.1) is 0 Å². The molecular formula is C17H20ClN3O5. The maximum absolute atomic E-state index is 12.2. The van der Waals surface area contributed by atoms with Crippen LogP contribution in [0.4, 0.5) is 5.69 Å². The number of hydrogen-bond acceptors (Lipinski definition) is 5. The third-order valence-corrected chi connectivity index (χ3v) is 4.28. The van der Waals surface area contributed by atoms with Crippen LogP contribution in [0.2, 0.25) is 5.02 Å². The number of benzene rings is 1. The highest BCUT2D eigenvalue weighted by Crippen LogP contribution is 2.30. The second-order valence-electron chi connectivity index (χ2n) is 5.81. The van der Waals surface area contributed by atoms with Gasteiger partial charge in [0, 0.05) is 27.1 Å². The summed E-state index contributed by atoms with van der Waals surface area (Å²) in [4.78, 5) is 49.9. The van der Waals surface area contributed by atoms with E-state index in [0.29, 0.717) is 23.7 Å². The highest BCUT2D eigenvalue weighted by Gasteiger charge is 2.25. The first kappa shape index (κ1) is 19.7. The molecule has 1 heterocycles. The molecule has 0 spiro atoms. The van der Waals surface area contributed by atoms with E-state index in [1.165, 1.54) is 37.2 Å². The van der Waals surface area contributed by atoms with Crippen LogP contribution >= 0.6 is 11.6 Å². The first-order chi connectivity index (χ1) is 12.3. The molecule has 26 heavy (non-hydrogen) atoms. The number of nitrogens with zero attached hydrogens (tertiary/aromatic N) is 2. The van der Waals surface area contributed by atoms with E-state index < -0.39 is 18.5 Å². The summed E-state index contributed by atoms with van der Waals surface area (Å²) in [5.41, 5.74) is 0.637. The number of amides is 3. The Kier molecular flexibility index (Phi) is 6.57. The SMILES string of the molecule is CNC(=O)CN(C)C(=O)COC(=O)c1ccc(Cl)c(N2CCCC2=O)c1. The Balaban J connectivity index is 2.00. The molecule has 0 aromatic heterocycles. The van der Waals surface area contributed by atoms with Gasteiger partial charge in [0.1, 0.15) is 0 Å². The summed E-state index contributed by atoms with van der Waals surface area (Å²) in [6, 6.07) is 4.46. The molecular weight excluding hydrogens is 362 g/mol. The molecule has 0 bridgehead atoms. The lowest BCUT2D eigenvalue weighted by molar-refractivity contribution is -0.137. The number of carbonyl (C=O) groups is 4. The van der Waals surface area contributed by atoms with Crippen molar-refractivity contribution in [2.75, 3.05) is 38.7 Å². The Hall–Kier alpha value is -2.61. The molecule has 0 unspecified atom stereocenters. The fraction of sp³-hybridized carbons (Fsp3) is 0.412. The fourth-order valence-corrected chi connectivity index (χ4v) is 2.67. The summed E-state index contributed by atoms with van der Waals surface area (Å²) in [5, 5.41) is 2.76. The third kappa shape index (κ3) is 4.72. The number of nitrogens with one attached hydrogen (secondary N) is 1. The number of carbonyl (C=O) groups excluding carboxylic acids is 4. The molecule has 0 radical (unpaired) electrons. The van der Waals surface area contributed by atoms with Crippen LogP contribution in [-0.4, -0.2) is 62.4 Å². The van der Waals surface area contributed by atoms with E-state index in [2.05, 4.69) is 5.32 Å². The van der Waals surface area contributed by atoms with Gasteiger partial charge in [-0.05, 0) is 24.6 Å². The maximum Gasteiger partial charge on any atom is 0.338 e. The lowest BCUT2D eigenvalue weighted by Crippen LogP contribution is -2.39. The molecule has 1 aliphatic rings. The lowest BCUT2D eigenvalue weighted by Gasteiger charge is -2.18. The van der Waals surface area contributed by atoms with Crippen molar-refractivity contribution in [2.24, 2.45) is 0 Å². The number of esters is 1. The highest BCUT2D eigenvalue weighted by molar-refractivity contribution is 6.34. The minimum Gasteiger partial charge on any atom is -0.452 e. The molecule has 140 valence electrons. The first-order valence-corrected chi connectivity index (χ1v) is 8.43. The Bertz CT molecular complexity index is 737. The summed E-state index contributed by atoms with van der Waals surface area (Å²) in [6.07, 6.45) is 1.17. The number of halogens is 1. The van der Waals surface area contributed by atoms with Crippen molar-refractivity contribution in [2.45, 2.75) is 12.8 Å². The normalized spacial score (nSPS) is 13.5. The molecule has 1 aromatic carbocycles. The van der Waals surface area contributed by atoms with Crippen LogP contribution in [0.15, 0.2) is 18.2 Å². The number of likely N-dealkylation sites (N-methyl/N-ethyl adjacent to an activating group) is 2. The van der Waals surface area contributed by atoms with Crippen molar-refractivity contribution in [1.82, 2.24) is 10.2 Å². The quantitative estimate of drug-likeness (QED) is 0.736. The van der Waals surface area contributed by atoms with E-state index in [4.69, 9.17) is 16.3 Å². The number of rotatable bonds is 6. The molecule has 2 rings (SSSR count). The molecule has 9 heteroatoms. The second-order valence-corrected chi connectivity index (χ2v) is 6.22. The smallest absolute Gasteiger partial charge is 0.338 e. The Morgan fingerprint density at radius 2 is 2.08 bits per heavy atom. The Morgan fingerprint density at radius 1 is 1.35 bits per heavy atom. The zero-order valence-electron chi connectivity index (χ0n) is 14.6. The fourth-order valence-electron chi connectivity index (χ4n) is 2.45. The molecule has 8 nitrogen and oxygen atoms in total. The van der Waals surface area contributed by atoms with Gasteiger partial charge >= 0.3 is 5.97 Å². The molecule has 0 aliphatic carbocycles. The van der Waals surface area contributed by atoms with Crippen molar-refractivity contribution in [1.29, 1.82) is 0 Å². The summed E-state index contributed by atoms with van der Waals surface area (Å²) >= 11 is 6.13. The van der Waals surface area contributed by atoms with Gasteiger partial charge in [-0.3, -0.25) is 14.4 Å². The molecule has 0 saturated carbocycles. The topological polar surface area (TPSA) is 96.0 Å². The van der Waals surface area contributed by atoms with Gasteiger partial charge in [-0.25, -0.2) is 4.79 Å². The Labute approximate surface area is 156 Å². The largest absolute Gasteiger partial charge is 0.452 e. The van der Waals surface area contributed by atoms with Crippen LogP contribution in [0, 0.1) is 0 Å². The molecule has 1 aliphatic heterocycles. The van der Waals surface area contributed by atoms with E-state index in [1.54, 1.807) is 0 Å². The van der Waals surface area contributed by atoms with Crippen LogP contribution in [0.25, 0.3) is 0 Å². The van der Waals surface area contributed by atoms with Gasteiger partial charge in [0.25, 0.3) is 5.91 Å². The van der Waals surface area contributed by atoms with Gasteiger partial charge in [0.2, 0.25) is 11.8 Å². The first-order valence-electron chi connectivity index (χ1n) is 8.05. The van der Waals surface area contributed by atoms with Gasteiger partial charge in [0.05, 0.1) is 22.8 Å².